The van der Waals surface area contributed by atoms with Crippen LogP contribution >= 0.6 is 23.4 Å². The van der Waals surface area contributed by atoms with Crippen molar-refractivity contribution in [2.45, 2.75) is 42.5 Å². The van der Waals surface area contributed by atoms with Gasteiger partial charge < -0.3 is 21.3 Å². The largest absolute Gasteiger partial charge is 0.383 e. The number of anilines is 3. The number of hydrogen-bond acceptors (Lipinski definition) is 8. The summed E-state index contributed by atoms with van der Waals surface area (Å²) in [4.78, 5) is 20.5. The van der Waals surface area contributed by atoms with Crippen molar-refractivity contribution in [2.24, 2.45) is 11.1 Å². The Morgan fingerprint density at radius 2 is 1.86 bits per heavy atom. The smallest absolute Gasteiger partial charge is 0.210 e. The molecule has 37 heavy (non-hydrogen) atoms. The van der Waals surface area contributed by atoms with Crippen LogP contribution < -0.4 is 21.3 Å². The Hall–Kier alpha value is -3.01. The minimum atomic E-state index is 0.0890. The highest BCUT2D eigenvalue weighted by Gasteiger charge is 2.47. The number of halogens is 1. The van der Waals surface area contributed by atoms with Gasteiger partial charge in [0.05, 0.1) is 16.1 Å². The van der Waals surface area contributed by atoms with Crippen LogP contribution in [0.3, 0.4) is 0 Å². The lowest BCUT2D eigenvalue weighted by atomic mass is 9.75. The third-order valence-electron chi connectivity index (χ3n) is 8.03. The van der Waals surface area contributed by atoms with Crippen LogP contribution in [0.4, 0.5) is 17.5 Å². The maximum atomic E-state index is 6.76. The number of nitrogen functional groups attached to an aromatic ring is 1. The summed E-state index contributed by atoms with van der Waals surface area (Å²) in [5, 5.41) is 0.517. The summed E-state index contributed by atoms with van der Waals surface area (Å²) in [7, 11) is 0. The average molecular weight is 535 g/mol. The molecule has 4 aromatic heterocycles. The van der Waals surface area contributed by atoms with Gasteiger partial charge in [-0.3, -0.25) is 4.40 Å². The van der Waals surface area contributed by atoms with E-state index in [9.17, 15) is 0 Å². The van der Waals surface area contributed by atoms with Crippen LogP contribution in [0.25, 0.3) is 5.52 Å². The topological polar surface area (TPSA) is 102 Å². The molecule has 2 aliphatic rings. The monoisotopic (exact) mass is 534 g/mol. The van der Waals surface area contributed by atoms with Gasteiger partial charge in [0.25, 0.3) is 0 Å². The van der Waals surface area contributed by atoms with Gasteiger partial charge in [-0.1, -0.05) is 23.4 Å². The maximum Gasteiger partial charge on any atom is 0.210 e. The first-order valence-corrected chi connectivity index (χ1v) is 13.8. The zero-order chi connectivity index (χ0) is 25.7. The Morgan fingerprint density at radius 1 is 1.08 bits per heavy atom. The maximum absolute atomic E-state index is 6.76. The number of aromatic nitrogens is 4. The average Bonchev–Trinajstić information content (AvgIpc) is 3.49. The lowest BCUT2D eigenvalue weighted by Crippen LogP contribution is -2.49. The second kappa shape index (κ2) is 9.38. The van der Waals surface area contributed by atoms with Gasteiger partial charge in [-0.15, -0.1) is 0 Å². The molecule has 0 aromatic carbocycles. The van der Waals surface area contributed by atoms with Gasteiger partial charge in [-0.2, -0.15) is 0 Å². The zero-order valence-corrected chi connectivity index (χ0v) is 22.6. The number of fused-ring (bicyclic) bond motifs is 1. The molecule has 4 aromatic rings. The van der Waals surface area contributed by atoms with Gasteiger partial charge in [-0.05, 0) is 57.0 Å². The van der Waals surface area contributed by atoms with Gasteiger partial charge in [0.2, 0.25) is 5.95 Å². The zero-order valence-electron chi connectivity index (χ0n) is 21.1. The molecule has 0 bridgehead atoms. The van der Waals surface area contributed by atoms with Crippen LogP contribution in [0.5, 0.6) is 0 Å². The summed E-state index contributed by atoms with van der Waals surface area (Å²) in [5.74, 6) is 1.56. The van der Waals surface area contributed by atoms with Crippen LogP contribution in [0.2, 0.25) is 5.15 Å². The quantitative estimate of drug-likeness (QED) is 0.367. The molecule has 0 radical (unpaired) electrons. The van der Waals surface area contributed by atoms with Gasteiger partial charge >= 0.3 is 0 Å². The fourth-order valence-corrected chi connectivity index (χ4v) is 6.98. The van der Waals surface area contributed by atoms with Gasteiger partial charge in [0.15, 0.2) is 0 Å². The van der Waals surface area contributed by atoms with Crippen molar-refractivity contribution in [3.8, 4) is 0 Å². The second-order valence-electron chi connectivity index (χ2n) is 10.2. The molecule has 10 heteroatoms. The highest BCUT2D eigenvalue weighted by Crippen LogP contribution is 2.43. The van der Waals surface area contributed by atoms with E-state index in [1.54, 1.807) is 24.2 Å². The Balaban J connectivity index is 1.24. The van der Waals surface area contributed by atoms with E-state index in [4.69, 9.17) is 28.1 Å². The molecule has 192 valence electrons. The highest BCUT2D eigenvalue weighted by molar-refractivity contribution is 7.99. The molecule has 8 nitrogen and oxygen atoms in total. The molecule has 0 saturated carbocycles. The van der Waals surface area contributed by atoms with Crippen LogP contribution in [0.15, 0.2) is 58.7 Å². The summed E-state index contributed by atoms with van der Waals surface area (Å²) >= 11 is 7.85. The number of nitrogens with zero attached hydrogens (tertiary/aromatic N) is 6. The van der Waals surface area contributed by atoms with Crippen molar-refractivity contribution >= 4 is 46.3 Å². The Kier molecular flexibility index (Phi) is 6.17. The van der Waals surface area contributed by atoms with Crippen molar-refractivity contribution in [3.63, 3.8) is 0 Å². The molecule has 0 amide bonds. The summed E-state index contributed by atoms with van der Waals surface area (Å²) in [5.41, 5.74) is 17.2. The fraction of sp³-hybridized carbons (Fsp3) is 0.370. The number of piperidine rings is 1. The Bertz CT molecular complexity index is 1460. The molecule has 6 rings (SSSR count). The molecule has 6 heterocycles. The summed E-state index contributed by atoms with van der Waals surface area (Å²) < 4.78 is 2.22. The Morgan fingerprint density at radius 3 is 2.65 bits per heavy atom. The molecule has 4 N–H and O–H groups in total. The number of pyridine rings is 2. The van der Waals surface area contributed by atoms with Gasteiger partial charge in [0, 0.05) is 72.4 Å². The molecule has 2 fully saturated rings. The Labute approximate surface area is 226 Å². The lowest BCUT2D eigenvalue weighted by molar-refractivity contribution is 0.219. The van der Waals surface area contributed by atoms with Crippen LogP contribution in [0, 0.1) is 19.3 Å². The van der Waals surface area contributed by atoms with E-state index < -0.39 is 0 Å². The standard InChI is InChI=1S/C27H31ClN8S/c1-17-21(6-10-32-25(17)30)37-24-18(2)33-26(36-11-3-4-20(24)36)34-12-7-27(8-13-34)16-35(15-22(27)29)19-5-9-31-23(28)14-19/h3-6,9-11,14,22H,7-8,12-13,15-16,29H2,1-2H3,(H2,30,32)/t22-/m1/s1. The SMILES string of the molecule is Cc1nc(N2CCC3(CC2)CN(c2ccnc(Cl)c2)C[C@H]3N)n2cccc2c1Sc1ccnc(N)c1C. The van der Waals surface area contributed by atoms with E-state index in [-0.39, 0.29) is 11.5 Å². The first-order chi connectivity index (χ1) is 17.8. The minimum absolute atomic E-state index is 0.0890. The predicted molar refractivity (Wildman–Crippen MR) is 151 cm³/mol. The van der Waals surface area contributed by atoms with Crippen molar-refractivity contribution in [2.75, 3.05) is 41.7 Å². The van der Waals surface area contributed by atoms with E-state index in [1.807, 2.05) is 25.1 Å². The van der Waals surface area contributed by atoms with E-state index in [1.165, 1.54) is 0 Å². The lowest BCUT2D eigenvalue weighted by Gasteiger charge is -2.42. The molecule has 0 aliphatic carbocycles. The first kappa shape index (κ1) is 24.3. The molecule has 1 atom stereocenters. The number of rotatable bonds is 4. The van der Waals surface area contributed by atoms with E-state index in [2.05, 4.69) is 49.4 Å². The molecular formula is C27H31ClN8S. The van der Waals surface area contributed by atoms with Gasteiger partial charge in [-0.25, -0.2) is 15.0 Å². The first-order valence-electron chi connectivity index (χ1n) is 12.6. The van der Waals surface area contributed by atoms with Gasteiger partial charge in [0.1, 0.15) is 11.0 Å². The van der Waals surface area contributed by atoms with E-state index in [0.29, 0.717) is 11.0 Å². The molecular weight excluding hydrogens is 504 g/mol. The third kappa shape index (κ3) is 4.28. The van der Waals surface area contributed by atoms with Crippen molar-refractivity contribution < 1.29 is 0 Å². The van der Waals surface area contributed by atoms with E-state index >= 15 is 0 Å². The number of hydrogen-bond donors (Lipinski definition) is 2. The number of nitrogens with two attached hydrogens (primary N) is 2. The minimum Gasteiger partial charge on any atom is -0.383 e. The van der Waals surface area contributed by atoms with Crippen molar-refractivity contribution in [1.29, 1.82) is 0 Å². The number of aryl methyl sites for hydroxylation is 1. The normalized spacial score (nSPS) is 19.3. The molecule has 2 aliphatic heterocycles. The molecule has 1 spiro atoms. The van der Waals surface area contributed by atoms with Crippen molar-refractivity contribution in [1.82, 2.24) is 19.4 Å². The summed E-state index contributed by atoms with van der Waals surface area (Å²) in [6.45, 7) is 7.73. The third-order valence-corrected chi connectivity index (χ3v) is 9.60. The summed E-state index contributed by atoms with van der Waals surface area (Å²) in [6, 6.07) is 10.3. The van der Waals surface area contributed by atoms with Crippen LogP contribution in [-0.4, -0.2) is 51.6 Å². The fourth-order valence-electron chi connectivity index (χ4n) is 5.74. The van der Waals surface area contributed by atoms with E-state index in [0.717, 1.165) is 77.2 Å². The summed E-state index contributed by atoms with van der Waals surface area (Å²) in [6.07, 6.45) is 7.69. The highest BCUT2D eigenvalue weighted by atomic mass is 35.5. The predicted octanol–water partition coefficient (Wildman–Crippen LogP) is 4.56. The van der Waals surface area contributed by atoms with Crippen molar-refractivity contribution in [3.05, 3.63) is 65.3 Å². The molecule has 0 unspecified atom stereocenters. The second-order valence-corrected chi connectivity index (χ2v) is 11.6. The molecule has 2 saturated heterocycles. The van der Waals surface area contributed by atoms with Crippen LogP contribution in [0.1, 0.15) is 24.1 Å². The van der Waals surface area contributed by atoms with Crippen LogP contribution in [-0.2, 0) is 0 Å².